The molecule has 19 heavy (non-hydrogen) atoms. The van der Waals surface area contributed by atoms with Crippen LogP contribution in [0.15, 0.2) is 29.6 Å². The lowest BCUT2D eigenvalue weighted by Crippen LogP contribution is -2.26. The molecule has 0 unspecified atom stereocenters. The predicted molar refractivity (Wildman–Crippen MR) is 81.7 cm³/mol. The fourth-order valence-corrected chi connectivity index (χ4v) is 2.80. The van der Waals surface area contributed by atoms with Crippen molar-refractivity contribution in [2.24, 2.45) is 0 Å². The minimum absolute atomic E-state index is 0.0263. The van der Waals surface area contributed by atoms with E-state index in [4.69, 9.17) is 17.3 Å². The van der Waals surface area contributed by atoms with Gasteiger partial charge in [-0.25, -0.2) is 4.39 Å². The molecule has 0 bridgehead atoms. The summed E-state index contributed by atoms with van der Waals surface area (Å²) in [5.41, 5.74) is 6.78. The number of anilines is 2. The number of hydrogen-bond donors (Lipinski definition) is 2. The Balaban J connectivity index is 2.13. The smallest absolute Gasteiger partial charge is 0.143 e. The van der Waals surface area contributed by atoms with Gasteiger partial charge in [0, 0.05) is 22.9 Å². The standard InChI is InChI=1S/C14H16ClFN2S/c1-14(2,13-4-3-5-19-13)8-18-12-6-9(15)10(16)7-11(12)17/h3-7,18H,8,17H2,1-2H3. The second-order valence-corrected chi connectivity index (χ2v) is 6.42. The Morgan fingerprint density at radius 3 is 2.79 bits per heavy atom. The van der Waals surface area contributed by atoms with E-state index in [1.165, 1.54) is 17.0 Å². The Hall–Kier alpha value is -1.26. The first-order valence-corrected chi connectivity index (χ1v) is 7.18. The fourth-order valence-electron chi connectivity index (χ4n) is 1.78. The van der Waals surface area contributed by atoms with Crippen LogP contribution in [0.4, 0.5) is 15.8 Å². The highest BCUT2D eigenvalue weighted by atomic mass is 35.5. The molecule has 102 valence electrons. The SMILES string of the molecule is CC(C)(CNc1cc(Cl)c(F)cc1N)c1cccs1. The van der Waals surface area contributed by atoms with Crippen molar-refractivity contribution in [3.05, 3.63) is 45.4 Å². The van der Waals surface area contributed by atoms with E-state index in [1.807, 2.05) is 6.07 Å². The number of rotatable bonds is 4. The molecule has 2 rings (SSSR count). The van der Waals surface area contributed by atoms with Gasteiger partial charge in [0.05, 0.1) is 16.4 Å². The Kier molecular flexibility index (Phi) is 4.02. The van der Waals surface area contributed by atoms with Crippen molar-refractivity contribution in [1.29, 1.82) is 0 Å². The second-order valence-electron chi connectivity index (χ2n) is 5.07. The van der Waals surface area contributed by atoms with Gasteiger partial charge >= 0.3 is 0 Å². The van der Waals surface area contributed by atoms with Crippen LogP contribution in [-0.2, 0) is 5.41 Å². The maximum atomic E-state index is 13.2. The van der Waals surface area contributed by atoms with Crippen LogP contribution in [0.2, 0.25) is 5.02 Å². The maximum absolute atomic E-state index is 13.2. The molecule has 0 fully saturated rings. The Morgan fingerprint density at radius 1 is 1.42 bits per heavy atom. The number of halogens is 2. The van der Waals surface area contributed by atoms with Gasteiger partial charge in [-0.1, -0.05) is 31.5 Å². The molecular weight excluding hydrogens is 283 g/mol. The van der Waals surface area contributed by atoms with E-state index in [9.17, 15) is 4.39 Å². The van der Waals surface area contributed by atoms with Gasteiger partial charge < -0.3 is 11.1 Å². The summed E-state index contributed by atoms with van der Waals surface area (Å²) in [6.45, 7) is 4.99. The third-order valence-electron chi connectivity index (χ3n) is 3.00. The monoisotopic (exact) mass is 298 g/mol. The first-order chi connectivity index (χ1) is 8.90. The third-order valence-corrected chi connectivity index (χ3v) is 4.53. The van der Waals surface area contributed by atoms with Crippen molar-refractivity contribution in [2.75, 3.05) is 17.6 Å². The zero-order valence-corrected chi connectivity index (χ0v) is 12.4. The maximum Gasteiger partial charge on any atom is 0.143 e. The summed E-state index contributed by atoms with van der Waals surface area (Å²) in [6, 6.07) is 6.90. The highest BCUT2D eigenvalue weighted by Crippen LogP contribution is 2.30. The van der Waals surface area contributed by atoms with Crippen LogP contribution in [0.3, 0.4) is 0 Å². The molecule has 2 aromatic rings. The van der Waals surface area contributed by atoms with Crippen molar-refractivity contribution in [3.63, 3.8) is 0 Å². The number of nitrogens with two attached hydrogens (primary N) is 1. The summed E-state index contributed by atoms with van der Waals surface area (Å²) < 4.78 is 13.2. The molecule has 0 aliphatic rings. The second kappa shape index (κ2) is 5.39. The predicted octanol–water partition coefficient (Wildman–Crippen LogP) is 4.51. The van der Waals surface area contributed by atoms with E-state index in [1.54, 1.807) is 11.3 Å². The Labute approximate surface area is 121 Å². The molecule has 2 nitrogen and oxygen atoms in total. The molecule has 1 aromatic heterocycles. The Bertz CT molecular complexity index is 567. The summed E-state index contributed by atoms with van der Waals surface area (Å²) in [4.78, 5) is 1.28. The molecular formula is C14H16ClFN2S. The van der Waals surface area contributed by atoms with Gasteiger partial charge in [0.2, 0.25) is 0 Å². The number of thiophene rings is 1. The minimum Gasteiger partial charge on any atom is -0.397 e. The van der Waals surface area contributed by atoms with E-state index < -0.39 is 5.82 Å². The van der Waals surface area contributed by atoms with Gasteiger partial charge in [0.1, 0.15) is 5.82 Å². The van der Waals surface area contributed by atoms with Crippen molar-refractivity contribution in [2.45, 2.75) is 19.3 Å². The molecule has 5 heteroatoms. The van der Waals surface area contributed by atoms with Crippen LogP contribution in [0, 0.1) is 5.82 Å². The minimum atomic E-state index is -0.498. The summed E-state index contributed by atoms with van der Waals surface area (Å²) in [7, 11) is 0. The van der Waals surface area contributed by atoms with Crippen LogP contribution in [0.5, 0.6) is 0 Å². The molecule has 0 aliphatic carbocycles. The molecule has 0 radical (unpaired) electrons. The normalized spacial score (nSPS) is 11.6. The molecule has 1 aromatic carbocycles. The van der Waals surface area contributed by atoms with Crippen LogP contribution >= 0.6 is 22.9 Å². The van der Waals surface area contributed by atoms with Gasteiger partial charge in [-0.3, -0.25) is 0 Å². The number of nitrogens with one attached hydrogen (secondary N) is 1. The van der Waals surface area contributed by atoms with Gasteiger partial charge in [-0.05, 0) is 17.5 Å². The molecule has 0 saturated heterocycles. The number of benzene rings is 1. The van der Waals surface area contributed by atoms with E-state index >= 15 is 0 Å². The molecule has 1 heterocycles. The van der Waals surface area contributed by atoms with E-state index in [0.29, 0.717) is 17.9 Å². The molecule has 0 aliphatic heterocycles. The molecule has 0 saturated carbocycles. The molecule has 0 spiro atoms. The zero-order chi connectivity index (χ0) is 14.0. The van der Waals surface area contributed by atoms with E-state index in [-0.39, 0.29) is 10.4 Å². The Morgan fingerprint density at radius 2 is 2.16 bits per heavy atom. The van der Waals surface area contributed by atoms with Gasteiger partial charge in [-0.15, -0.1) is 11.3 Å². The van der Waals surface area contributed by atoms with Crippen molar-refractivity contribution in [1.82, 2.24) is 0 Å². The summed E-state index contributed by atoms with van der Waals surface area (Å²) in [5, 5.41) is 5.37. The average Bonchev–Trinajstić information content (AvgIpc) is 2.86. The lowest BCUT2D eigenvalue weighted by molar-refractivity contribution is 0.569. The van der Waals surface area contributed by atoms with Gasteiger partial charge in [0.25, 0.3) is 0 Å². The highest BCUT2D eigenvalue weighted by molar-refractivity contribution is 7.10. The fraction of sp³-hybridized carbons (Fsp3) is 0.286. The van der Waals surface area contributed by atoms with Crippen molar-refractivity contribution >= 4 is 34.3 Å². The largest absolute Gasteiger partial charge is 0.397 e. The quantitative estimate of drug-likeness (QED) is 0.815. The summed E-state index contributed by atoms with van der Waals surface area (Å²) >= 11 is 7.48. The molecule has 0 amide bonds. The lowest BCUT2D eigenvalue weighted by Gasteiger charge is -2.25. The van der Waals surface area contributed by atoms with Gasteiger partial charge in [-0.2, -0.15) is 0 Å². The van der Waals surface area contributed by atoms with Crippen molar-refractivity contribution < 1.29 is 4.39 Å². The van der Waals surface area contributed by atoms with Crippen LogP contribution in [0.1, 0.15) is 18.7 Å². The lowest BCUT2D eigenvalue weighted by atomic mass is 9.91. The molecule has 0 atom stereocenters. The van der Waals surface area contributed by atoms with Crippen LogP contribution < -0.4 is 11.1 Å². The first kappa shape index (κ1) is 14.2. The van der Waals surface area contributed by atoms with Gasteiger partial charge in [0.15, 0.2) is 0 Å². The summed E-state index contributed by atoms with van der Waals surface area (Å²) in [6.07, 6.45) is 0. The summed E-state index contributed by atoms with van der Waals surface area (Å²) in [5.74, 6) is -0.498. The molecule has 3 N–H and O–H groups in total. The van der Waals surface area contributed by atoms with E-state index in [2.05, 4.69) is 30.6 Å². The van der Waals surface area contributed by atoms with Crippen LogP contribution in [-0.4, -0.2) is 6.54 Å². The number of hydrogen-bond acceptors (Lipinski definition) is 3. The first-order valence-electron chi connectivity index (χ1n) is 5.92. The third kappa shape index (κ3) is 3.19. The topological polar surface area (TPSA) is 38.0 Å². The van der Waals surface area contributed by atoms with E-state index in [0.717, 1.165) is 0 Å². The zero-order valence-electron chi connectivity index (χ0n) is 10.8. The van der Waals surface area contributed by atoms with Crippen LogP contribution in [0.25, 0.3) is 0 Å². The highest BCUT2D eigenvalue weighted by Gasteiger charge is 2.21. The van der Waals surface area contributed by atoms with Crippen molar-refractivity contribution in [3.8, 4) is 0 Å². The average molecular weight is 299 g/mol. The number of nitrogen functional groups attached to an aromatic ring is 1.